The zero-order valence-electron chi connectivity index (χ0n) is 10.7. The Morgan fingerprint density at radius 3 is 2.83 bits per heavy atom. The SMILES string of the molecule is Cc1ccc(C(=O)N2CCC(O)C(C)C2)c(Br)c1. The number of hydrogen-bond donors (Lipinski definition) is 1. The quantitative estimate of drug-likeness (QED) is 0.866. The fraction of sp³-hybridized carbons (Fsp3) is 0.500. The Kier molecular flexibility index (Phi) is 4.07. The van der Waals surface area contributed by atoms with E-state index in [0.717, 1.165) is 10.0 Å². The van der Waals surface area contributed by atoms with Gasteiger partial charge in [0.1, 0.15) is 0 Å². The molecule has 1 amide bonds. The molecule has 2 unspecified atom stereocenters. The number of amides is 1. The third-order valence-corrected chi connectivity index (χ3v) is 4.16. The lowest BCUT2D eigenvalue weighted by atomic mass is 9.96. The second-order valence-corrected chi connectivity index (χ2v) is 5.92. The van der Waals surface area contributed by atoms with E-state index < -0.39 is 0 Å². The van der Waals surface area contributed by atoms with Crippen LogP contribution in [0.2, 0.25) is 0 Å². The molecule has 3 nitrogen and oxygen atoms in total. The van der Waals surface area contributed by atoms with Gasteiger partial charge in [-0.2, -0.15) is 0 Å². The highest BCUT2D eigenvalue weighted by Gasteiger charge is 2.28. The van der Waals surface area contributed by atoms with Gasteiger partial charge in [-0.05, 0) is 52.9 Å². The number of piperidine rings is 1. The van der Waals surface area contributed by atoms with Gasteiger partial charge in [-0.3, -0.25) is 4.79 Å². The zero-order chi connectivity index (χ0) is 13.3. The van der Waals surface area contributed by atoms with E-state index in [0.29, 0.717) is 25.1 Å². The summed E-state index contributed by atoms with van der Waals surface area (Å²) in [6, 6.07) is 5.76. The zero-order valence-corrected chi connectivity index (χ0v) is 12.3. The first kappa shape index (κ1) is 13.6. The number of benzene rings is 1. The van der Waals surface area contributed by atoms with Gasteiger partial charge in [0.15, 0.2) is 0 Å². The van der Waals surface area contributed by atoms with Gasteiger partial charge >= 0.3 is 0 Å². The van der Waals surface area contributed by atoms with Crippen LogP contribution in [0.1, 0.15) is 29.3 Å². The Labute approximate surface area is 116 Å². The largest absolute Gasteiger partial charge is 0.393 e. The fourth-order valence-corrected chi connectivity index (χ4v) is 2.94. The van der Waals surface area contributed by atoms with Gasteiger partial charge in [-0.1, -0.05) is 13.0 Å². The van der Waals surface area contributed by atoms with Crippen LogP contribution in [0.25, 0.3) is 0 Å². The van der Waals surface area contributed by atoms with Gasteiger partial charge in [0.2, 0.25) is 0 Å². The number of aryl methyl sites for hydroxylation is 1. The fourth-order valence-electron chi connectivity index (χ4n) is 2.28. The highest BCUT2D eigenvalue weighted by atomic mass is 79.9. The van der Waals surface area contributed by atoms with Crippen molar-refractivity contribution in [2.24, 2.45) is 5.92 Å². The van der Waals surface area contributed by atoms with Gasteiger partial charge < -0.3 is 10.0 Å². The van der Waals surface area contributed by atoms with Crippen molar-refractivity contribution in [1.29, 1.82) is 0 Å². The van der Waals surface area contributed by atoms with Crippen molar-refractivity contribution in [3.8, 4) is 0 Å². The highest BCUT2D eigenvalue weighted by Crippen LogP contribution is 2.23. The van der Waals surface area contributed by atoms with Crippen LogP contribution in [0.15, 0.2) is 22.7 Å². The molecule has 0 aromatic heterocycles. The summed E-state index contributed by atoms with van der Waals surface area (Å²) in [6.07, 6.45) is 0.381. The molecular weight excluding hydrogens is 294 g/mol. The van der Waals surface area contributed by atoms with Crippen molar-refractivity contribution < 1.29 is 9.90 Å². The molecule has 1 aromatic carbocycles. The Bertz CT molecular complexity index is 461. The summed E-state index contributed by atoms with van der Waals surface area (Å²) < 4.78 is 0.839. The van der Waals surface area contributed by atoms with Crippen LogP contribution >= 0.6 is 15.9 Å². The second-order valence-electron chi connectivity index (χ2n) is 5.07. The van der Waals surface area contributed by atoms with Crippen LogP contribution in [0, 0.1) is 12.8 Å². The Hall–Kier alpha value is -0.870. The minimum atomic E-state index is -0.282. The van der Waals surface area contributed by atoms with E-state index in [1.54, 1.807) is 0 Å². The van der Waals surface area contributed by atoms with Crippen molar-refractivity contribution in [2.45, 2.75) is 26.4 Å². The van der Waals surface area contributed by atoms with Gasteiger partial charge in [0, 0.05) is 17.6 Å². The minimum absolute atomic E-state index is 0.0422. The van der Waals surface area contributed by atoms with E-state index in [9.17, 15) is 9.90 Å². The third-order valence-electron chi connectivity index (χ3n) is 3.50. The molecule has 0 radical (unpaired) electrons. The Balaban J connectivity index is 2.16. The molecule has 98 valence electrons. The number of halogens is 1. The normalized spacial score (nSPS) is 24.1. The van der Waals surface area contributed by atoms with Crippen molar-refractivity contribution in [2.75, 3.05) is 13.1 Å². The van der Waals surface area contributed by atoms with E-state index in [1.165, 1.54) is 0 Å². The number of hydrogen-bond acceptors (Lipinski definition) is 2. The third kappa shape index (κ3) is 2.75. The number of aliphatic hydroxyl groups is 1. The molecule has 0 spiro atoms. The van der Waals surface area contributed by atoms with E-state index in [-0.39, 0.29) is 17.9 Å². The Morgan fingerprint density at radius 1 is 1.50 bits per heavy atom. The molecule has 0 saturated carbocycles. The lowest BCUT2D eigenvalue weighted by molar-refractivity contribution is 0.0297. The van der Waals surface area contributed by atoms with Gasteiger partial charge in [0.05, 0.1) is 11.7 Å². The van der Waals surface area contributed by atoms with Crippen LogP contribution in [0.3, 0.4) is 0 Å². The molecular formula is C14H18BrNO2. The smallest absolute Gasteiger partial charge is 0.255 e. The summed E-state index contributed by atoms with van der Waals surface area (Å²) in [5.41, 5.74) is 1.82. The molecule has 1 saturated heterocycles. The van der Waals surface area contributed by atoms with Crippen molar-refractivity contribution >= 4 is 21.8 Å². The molecule has 18 heavy (non-hydrogen) atoms. The van der Waals surface area contributed by atoms with Crippen LogP contribution in [0.5, 0.6) is 0 Å². The van der Waals surface area contributed by atoms with E-state index in [1.807, 2.05) is 36.9 Å². The summed E-state index contributed by atoms with van der Waals surface area (Å²) in [6.45, 7) is 5.23. The van der Waals surface area contributed by atoms with Crippen molar-refractivity contribution in [1.82, 2.24) is 4.90 Å². The summed E-state index contributed by atoms with van der Waals surface area (Å²) in [5.74, 6) is 0.188. The molecule has 1 aromatic rings. The molecule has 4 heteroatoms. The van der Waals surface area contributed by atoms with Crippen molar-refractivity contribution in [3.05, 3.63) is 33.8 Å². The summed E-state index contributed by atoms with van der Waals surface area (Å²) in [5, 5.41) is 9.69. The summed E-state index contributed by atoms with van der Waals surface area (Å²) >= 11 is 3.44. The van der Waals surface area contributed by atoms with Gasteiger partial charge in [0.25, 0.3) is 5.91 Å². The lowest BCUT2D eigenvalue weighted by Gasteiger charge is -2.34. The van der Waals surface area contributed by atoms with Crippen molar-refractivity contribution in [3.63, 3.8) is 0 Å². The van der Waals surface area contributed by atoms with E-state index in [4.69, 9.17) is 0 Å². The van der Waals surface area contributed by atoms with Crippen LogP contribution in [-0.2, 0) is 0 Å². The maximum Gasteiger partial charge on any atom is 0.255 e. The summed E-state index contributed by atoms with van der Waals surface area (Å²) in [4.78, 5) is 14.2. The maximum atomic E-state index is 12.4. The molecule has 1 N–H and O–H groups in total. The predicted molar refractivity (Wildman–Crippen MR) is 74.6 cm³/mol. The number of carbonyl (C=O) groups excluding carboxylic acids is 1. The van der Waals surface area contributed by atoms with Gasteiger partial charge in [-0.25, -0.2) is 0 Å². The first-order chi connectivity index (χ1) is 8.49. The molecule has 1 aliphatic heterocycles. The highest BCUT2D eigenvalue weighted by molar-refractivity contribution is 9.10. The number of nitrogens with zero attached hydrogens (tertiary/aromatic N) is 1. The monoisotopic (exact) mass is 311 g/mol. The average Bonchev–Trinajstić information content (AvgIpc) is 2.32. The first-order valence-corrected chi connectivity index (χ1v) is 7.02. The van der Waals surface area contributed by atoms with Crippen LogP contribution in [0.4, 0.5) is 0 Å². The topological polar surface area (TPSA) is 40.5 Å². The molecule has 0 bridgehead atoms. The first-order valence-electron chi connectivity index (χ1n) is 6.22. The molecule has 1 heterocycles. The van der Waals surface area contributed by atoms with Crippen LogP contribution < -0.4 is 0 Å². The average molecular weight is 312 g/mol. The number of likely N-dealkylation sites (tertiary alicyclic amines) is 1. The lowest BCUT2D eigenvalue weighted by Crippen LogP contribution is -2.45. The van der Waals surface area contributed by atoms with Crippen LogP contribution in [-0.4, -0.2) is 35.1 Å². The maximum absolute atomic E-state index is 12.4. The second kappa shape index (κ2) is 5.41. The van der Waals surface area contributed by atoms with Gasteiger partial charge in [-0.15, -0.1) is 0 Å². The molecule has 1 fully saturated rings. The van der Waals surface area contributed by atoms with E-state index >= 15 is 0 Å². The molecule has 2 atom stereocenters. The predicted octanol–water partition coefficient (Wildman–Crippen LogP) is 2.60. The molecule has 1 aliphatic rings. The number of aliphatic hydroxyl groups excluding tert-OH is 1. The van der Waals surface area contributed by atoms with E-state index in [2.05, 4.69) is 15.9 Å². The molecule has 0 aliphatic carbocycles. The Morgan fingerprint density at radius 2 is 2.22 bits per heavy atom. The molecule has 2 rings (SSSR count). The minimum Gasteiger partial charge on any atom is -0.393 e. The number of carbonyl (C=O) groups is 1. The standard InChI is InChI=1S/C14H18BrNO2/c1-9-3-4-11(12(15)7-9)14(18)16-6-5-13(17)10(2)8-16/h3-4,7,10,13,17H,5-6,8H2,1-2H3. The number of rotatable bonds is 1. The summed E-state index contributed by atoms with van der Waals surface area (Å²) in [7, 11) is 0.